The molecule has 3 rings (SSSR count). The molecular weight excluding hydrogens is 294 g/mol. The lowest BCUT2D eigenvalue weighted by Gasteiger charge is -2.18. The zero-order chi connectivity index (χ0) is 15.7. The van der Waals surface area contributed by atoms with Crippen molar-refractivity contribution < 1.29 is 0 Å². The number of nitrogens with one attached hydrogen (secondary N) is 1. The topological polar surface area (TPSA) is 63.8 Å². The summed E-state index contributed by atoms with van der Waals surface area (Å²) in [6, 6.07) is 16.2. The summed E-state index contributed by atoms with van der Waals surface area (Å²) in [5.74, 6) is 0. The largest absolute Gasteiger partial charge is 0.326 e. The van der Waals surface area contributed by atoms with Crippen LogP contribution < -0.4 is 11.4 Å². The van der Waals surface area contributed by atoms with Crippen LogP contribution in [0.25, 0.3) is 11.0 Å². The third kappa shape index (κ3) is 3.26. The van der Waals surface area contributed by atoms with Gasteiger partial charge in [-0.3, -0.25) is 4.57 Å². The van der Waals surface area contributed by atoms with Gasteiger partial charge in [-0.05, 0) is 44.2 Å². The molecule has 0 saturated carbocycles. The molecule has 0 amide bonds. The summed E-state index contributed by atoms with van der Waals surface area (Å²) in [6.45, 7) is 4.31. The Hall–Kier alpha value is -1.98. The molecule has 22 heavy (non-hydrogen) atoms. The lowest BCUT2D eigenvalue weighted by molar-refractivity contribution is 0.434. The van der Waals surface area contributed by atoms with Crippen LogP contribution in [0.4, 0.5) is 0 Å². The van der Waals surface area contributed by atoms with Crippen LogP contribution in [0.1, 0.15) is 13.8 Å². The third-order valence-electron chi connectivity index (χ3n) is 3.29. The normalized spacial score (nSPS) is 12.0. The van der Waals surface area contributed by atoms with Crippen LogP contribution in [0.5, 0.6) is 0 Å². The van der Waals surface area contributed by atoms with Gasteiger partial charge < -0.3 is 10.7 Å². The highest BCUT2D eigenvalue weighted by Gasteiger charge is 2.16. The Balaban J connectivity index is 1.96. The summed E-state index contributed by atoms with van der Waals surface area (Å²) >= 11 is 1.67. The molecule has 0 spiro atoms. The van der Waals surface area contributed by atoms with Crippen LogP contribution in [-0.2, 0) is 6.54 Å². The van der Waals surface area contributed by atoms with Crippen LogP contribution in [-0.4, -0.2) is 15.1 Å². The molecule has 0 bridgehead atoms. The molecular formula is C17H19N3OS. The summed E-state index contributed by atoms with van der Waals surface area (Å²) in [5.41, 5.74) is 7.22. The minimum atomic E-state index is -0.434. The predicted molar refractivity (Wildman–Crippen MR) is 91.4 cm³/mol. The van der Waals surface area contributed by atoms with Crippen molar-refractivity contribution in [2.24, 2.45) is 5.73 Å². The molecule has 5 heteroatoms. The maximum Gasteiger partial charge on any atom is 0.326 e. The van der Waals surface area contributed by atoms with Gasteiger partial charge >= 0.3 is 5.69 Å². The number of hydrogen-bond acceptors (Lipinski definition) is 3. The van der Waals surface area contributed by atoms with E-state index in [0.717, 1.165) is 15.9 Å². The first kappa shape index (κ1) is 14.9. The fourth-order valence-electron chi connectivity index (χ4n) is 2.40. The Labute approximate surface area is 133 Å². The number of aromatic amines is 1. The number of rotatable bonds is 4. The average Bonchev–Trinajstić information content (AvgIpc) is 2.74. The van der Waals surface area contributed by atoms with Gasteiger partial charge in [-0.25, -0.2) is 4.79 Å². The van der Waals surface area contributed by atoms with Gasteiger partial charge in [0.2, 0.25) is 0 Å². The number of aromatic nitrogens is 2. The van der Waals surface area contributed by atoms with Crippen molar-refractivity contribution in [3.05, 3.63) is 59.0 Å². The van der Waals surface area contributed by atoms with E-state index in [1.165, 1.54) is 4.90 Å². The number of benzene rings is 2. The van der Waals surface area contributed by atoms with E-state index in [0.29, 0.717) is 6.54 Å². The second-order valence-electron chi connectivity index (χ2n) is 6.10. The van der Waals surface area contributed by atoms with E-state index < -0.39 is 5.54 Å². The second kappa shape index (κ2) is 5.66. The molecule has 4 nitrogen and oxygen atoms in total. The Morgan fingerprint density at radius 2 is 1.86 bits per heavy atom. The monoisotopic (exact) mass is 313 g/mol. The Kier molecular flexibility index (Phi) is 3.85. The highest BCUT2D eigenvalue weighted by Crippen LogP contribution is 2.29. The summed E-state index contributed by atoms with van der Waals surface area (Å²) in [7, 11) is 0. The smallest absolute Gasteiger partial charge is 0.324 e. The Morgan fingerprint density at radius 3 is 2.55 bits per heavy atom. The first-order valence-corrected chi connectivity index (χ1v) is 7.98. The highest BCUT2D eigenvalue weighted by atomic mass is 32.2. The van der Waals surface area contributed by atoms with Gasteiger partial charge in [0, 0.05) is 21.9 Å². The molecule has 0 aliphatic heterocycles. The van der Waals surface area contributed by atoms with Gasteiger partial charge in [-0.2, -0.15) is 0 Å². The molecule has 0 saturated heterocycles. The maximum atomic E-state index is 12.1. The number of nitrogens with two attached hydrogens (primary N) is 1. The average molecular weight is 313 g/mol. The van der Waals surface area contributed by atoms with Crippen LogP contribution >= 0.6 is 11.8 Å². The van der Waals surface area contributed by atoms with E-state index in [2.05, 4.69) is 17.1 Å². The van der Waals surface area contributed by atoms with Crippen molar-refractivity contribution in [1.82, 2.24) is 9.55 Å². The zero-order valence-corrected chi connectivity index (χ0v) is 13.5. The van der Waals surface area contributed by atoms with Crippen LogP contribution in [0, 0.1) is 0 Å². The van der Waals surface area contributed by atoms with E-state index in [-0.39, 0.29) is 5.69 Å². The molecule has 1 aromatic heterocycles. The third-order valence-corrected chi connectivity index (χ3v) is 4.29. The number of hydrogen-bond donors (Lipinski definition) is 2. The van der Waals surface area contributed by atoms with E-state index in [1.54, 1.807) is 16.3 Å². The fraction of sp³-hybridized carbons (Fsp3) is 0.235. The lowest BCUT2D eigenvalue weighted by Crippen LogP contribution is -2.39. The molecule has 0 unspecified atom stereocenters. The van der Waals surface area contributed by atoms with Gasteiger partial charge in [0.05, 0.1) is 11.0 Å². The van der Waals surface area contributed by atoms with Gasteiger partial charge in [-0.1, -0.05) is 30.0 Å². The molecule has 0 fully saturated rings. The molecule has 3 N–H and O–H groups in total. The number of H-pyrrole nitrogens is 1. The molecule has 0 atom stereocenters. The van der Waals surface area contributed by atoms with Gasteiger partial charge in [0.25, 0.3) is 0 Å². The number of fused-ring (bicyclic) bond motifs is 1. The van der Waals surface area contributed by atoms with Crippen molar-refractivity contribution in [2.75, 3.05) is 0 Å². The Bertz CT molecular complexity index is 844. The van der Waals surface area contributed by atoms with Gasteiger partial charge in [0.15, 0.2) is 0 Å². The van der Waals surface area contributed by atoms with E-state index in [4.69, 9.17) is 5.73 Å². The molecule has 114 valence electrons. The van der Waals surface area contributed by atoms with Crippen molar-refractivity contribution in [3.63, 3.8) is 0 Å². The van der Waals surface area contributed by atoms with Crippen molar-refractivity contribution in [1.29, 1.82) is 0 Å². The molecule has 3 aromatic rings. The zero-order valence-electron chi connectivity index (χ0n) is 12.7. The van der Waals surface area contributed by atoms with Crippen molar-refractivity contribution in [3.8, 4) is 0 Å². The summed E-state index contributed by atoms with van der Waals surface area (Å²) < 4.78 is 1.70. The SMILES string of the molecule is CC(C)(N)Cn1c(=O)[nH]c2cc(Sc3ccccc3)ccc21. The maximum absolute atomic E-state index is 12.1. The van der Waals surface area contributed by atoms with Crippen LogP contribution in [0.2, 0.25) is 0 Å². The lowest BCUT2D eigenvalue weighted by atomic mass is 10.1. The minimum Gasteiger partial charge on any atom is -0.324 e. The highest BCUT2D eigenvalue weighted by molar-refractivity contribution is 7.99. The summed E-state index contributed by atoms with van der Waals surface area (Å²) in [5, 5.41) is 0. The van der Waals surface area contributed by atoms with Crippen LogP contribution in [0.3, 0.4) is 0 Å². The second-order valence-corrected chi connectivity index (χ2v) is 7.25. The number of nitrogens with zero attached hydrogens (tertiary/aromatic N) is 1. The summed E-state index contributed by atoms with van der Waals surface area (Å²) in [6.07, 6.45) is 0. The summed E-state index contributed by atoms with van der Waals surface area (Å²) in [4.78, 5) is 17.3. The standard InChI is InChI=1S/C17H19N3OS/c1-17(2,18)11-20-15-9-8-13(10-14(15)19-16(20)21)22-12-6-4-3-5-7-12/h3-10H,11,18H2,1-2H3,(H,19,21). The molecule has 0 aliphatic carbocycles. The van der Waals surface area contributed by atoms with E-state index in [1.807, 2.05) is 50.2 Å². The molecule has 0 aliphatic rings. The van der Waals surface area contributed by atoms with E-state index in [9.17, 15) is 4.79 Å². The molecule has 1 heterocycles. The van der Waals surface area contributed by atoms with Gasteiger partial charge in [0.1, 0.15) is 0 Å². The molecule has 2 aromatic carbocycles. The van der Waals surface area contributed by atoms with Crippen molar-refractivity contribution >= 4 is 22.8 Å². The predicted octanol–water partition coefficient (Wildman–Crippen LogP) is 3.22. The first-order valence-electron chi connectivity index (χ1n) is 7.17. The first-order chi connectivity index (χ1) is 10.4. The van der Waals surface area contributed by atoms with E-state index >= 15 is 0 Å². The van der Waals surface area contributed by atoms with Crippen molar-refractivity contribution in [2.45, 2.75) is 35.7 Å². The number of imidazole rings is 1. The molecule has 0 radical (unpaired) electrons. The quantitative estimate of drug-likeness (QED) is 0.777. The van der Waals surface area contributed by atoms with Crippen LogP contribution in [0.15, 0.2) is 63.1 Å². The fourth-order valence-corrected chi connectivity index (χ4v) is 3.27. The Morgan fingerprint density at radius 1 is 1.14 bits per heavy atom. The minimum absolute atomic E-state index is 0.115. The van der Waals surface area contributed by atoms with Gasteiger partial charge in [-0.15, -0.1) is 0 Å².